The number of halogens is 1. The Labute approximate surface area is 192 Å². The van der Waals surface area contributed by atoms with Gasteiger partial charge in [0.15, 0.2) is 0 Å². The molecule has 0 nitrogen and oxygen atoms in total. The Balaban J connectivity index is 1.34. The van der Waals surface area contributed by atoms with Crippen LogP contribution in [0.15, 0.2) is 36.4 Å². The van der Waals surface area contributed by atoms with E-state index in [2.05, 4.69) is 31.2 Å². The van der Waals surface area contributed by atoms with Crippen molar-refractivity contribution in [3.63, 3.8) is 0 Å². The third-order valence-corrected chi connectivity index (χ3v) is 8.35. The number of allylic oxidation sites excluding steroid dienone is 2. The lowest BCUT2D eigenvalue weighted by molar-refractivity contribution is 0.157. The fraction of sp³-hybridized carbons (Fsp3) is 0.733. The van der Waals surface area contributed by atoms with Crippen LogP contribution < -0.4 is 0 Å². The van der Waals surface area contributed by atoms with E-state index in [9.17, 15) is 4.39 Å². The van der Waals surface area contributed by atoms with Gasteiger partial charge in [0.1, 0.15) is 6.67 Å². The van der Waals surface area contributed by atoms with E-state index < -0.39 is 0 Å². The van der Waals surface area contributed by atoms with Gasteiger partial charge in [-0.05, 0) is 99.0 Å². The van der Waals surface area contributed by atoms with Crippen LogP contribution in [-0.2, 0) is 6.42 Å². The standard InChI is InChI=1S/C30H47F/c1-2-3-4-5-7-10-25-12-16-27(17-13-25)29-20-22-30(23-21-29)28-18-14-26(15-19-28)11-8-6-9-24-31/h6,9,12-13,16-17,26,28-30H,2-5,7-8,10-11,14-15,18-24H2,1H3/b9-6+. The first-order valence-corrected chi connectivity index (χ1v) is 13.6. The monoisotopic (exact) mass is 426 g/mol. The first-order chi connectivity index (χ1) is 15.3. The lowest BCUT2D eigenvalue weighted by Crippen LogP contribution is -2.25. The van der Waals surface area contributed by atoms with Crippen LogP contribution in [0.4, 0.5) is 4.39 Å². The molecule has 0 heterocycles. The molecule has 2 saturated carbocycles. The average Bonchev–Trinajstić information content (AvgIpc) is 2.83. The van der Waals surface area contributed by atoms with Gasteiger partial charge in [-0.25, -0.2) is 4.39 Å². The van der Waals surface area contributed by atoms with E-state index in [1.165, 1.54) is 102 Å². The molecule has 1 heteroatoms. The summed E-state index contributed by atoms with van der Waals surface area (Å²) in [7, 11) is 0. The summed E-state index contributed by atoms with van der Waals surface area (Å²) in [5.74, 6) is 3.65. The molecule has 1 aromatic rings. The first-order valence-electron chi connectivity index (χ1n) is 13.6. The summed E-state index contributed by atoms with van der Waals surface area (Å²) in [6.45, 7) is 1.98. The van der Waals surface area contributed by atoms with Crippen molar-refractivity contribution in [2.24, 2.45) is 17.8 Å². The predicted molar refractivity (Wildman–Crippen MR) is 133 cm³/mol. The van der Waals surface area contributed by atoms with Gasteiger partial charge in [0.2, 0.25) is 0 Å². The molecule has 0 bridgehead atoms. The highest BCUT2D eigenvalue weighted by molar-refractivity contribution is 5.26. The van der Waals surface area contributed by atoms with Crippen LogP contribution in [0.5, 0.6) is 0 Å². The Hall–Kier alpha value is -1.11. The molecule has 0 aromatic heterocycles. The van der Waals surface area contributed by atoms with Crippen LogP contribution in [0.25, 0.3) is 0 Å². The summed E-state index contributed by atoms with van der Waals surface area (Å²) in [4.78, 5) is 0. The number of aryl methyl sites for hydroxylation is 1. The molecule has 2 aliphatic rings. The van der Waals surface area contributed by atoms with Crippen molar-refractivity contribution in [3.05, 3.63) is 47.5 Å². The second-order valence-corrected chi connectivity index (χ2v) is 10.5. The summed E-state index contributed by atoms with van der Waals surface area (Å²) in [6.07, 6.45) is 25.6. The van der Waals surface area contributed by atoms with Gasteiger partial charge < -0.3 is 0 Å². The second kappa shape index (κ2) is 14.1. The molecule has 2 fully saturated rings. The zero-order valence-corrected chi connectivity index (χ0v) is 20.2. The Morgan fingerprint density at radius 2 is 1.42 bits per heavy atom. The maximum Gasteiger partial charge on any atom is 0.108 e. The van der Waals surface area contributed by atoms with Crippen molar-refractivity contribution in [2.75, 3.05) is 6.67 Å². The zero-order chi connectivity index (χ0) is 21.7. The Morgan fingerprint density at radius 1 is 0.774 bits per heavy atom. The highest BCUT2D eigenvalue weighted by Crippen LogP contribution is 2.44. The summed E-state index contributed by atoms with van der Waals surface area (Å²) in [5.41, 5.74) is 3.13. The van der Waals surface area contributed by atoms with E-state index >= 15 is 0 Å². The van der Waals surface area contributed by atoms with Crippen LogP contribution in [0, 0.1) is 17.8 Å². The van der Waals surface area contributed by atoms with Crippen LogP contribution >= 0.6 is 0 Å². The zero-order valence-electron chi connectivity index (χ0n) is 20.2. The number of hydrogen-bond donors (Lipinski definition) is 0. The smallest absolute Gasteiger partial charge is 0.108 e. The molecule has 0 radical (unpaired) electrons. The van der Waals surface area contributed by atoms with E-state index in [1.54, 1.807) is 11.6 Å². The van der Waals surface area contributed by atoms with Gasteiger partial charge in [0, 0.05) is 0 Å². The third kappa shape index (κ3) is 8.39. The summed E-state index contributed by atoms with van der Waals surface area (Å²) in [6, 6.07) is 9.69. The molecule has 0 aliphatic heterocycles. The number of alkyl halides is 1. The van der Waals surface area contributed by atoms with E-state index in [1.807, 2.05) is 6.08 Å². The first kappa shape index (κ1) is 24.5. The molecule has 0 N–H and O–H groups in total. The molecule has 0 amide bonds. The molecule has 31 heavy (non-hydrogen) atoms. The SMILES string of the molecule is CCCCCCCc1ccc(C2CCC(C3CCC(CC/C=C/CF)CC3)CC2)cc1. The maximum absolute atomic E-state index is 12.2. The summed E-state index contributed by atoms with van der Waals surface area (Å²) < 4.78 is 12.2. The van der Waals surface area contributed by atoms with Gasteiger partial charge >= 0.3 is 0 Å². The van der Waals surface area contributed by atoms with Gasteiger partial charge in [-0.3, -0.25) is 0 Å². The molecule has 174 valence electrons. The van der Waals surface area contributed by atoms with Crippen molar-refractivity contribution >= 4 is 0 Å². The van der Waals surface area contributed by atoms with Crippen molar-refractivity contribution in [3.8, 4) is 0 Å². The highest BCUT2D eigenvalue weighted by Gasteiger charge is 2.31. The summed E-state index contributed by atoms with van der Waals surface area (Å²) >= 11 is 0. The highest BCUT2D eigenvalue weighted by atomic mass is 19.1. The van der Waals surface area contributed by atoms with Crippen molar-refractivity contribution in [1.29, 1.82) is 0 Å². The molecule has 1 aromatic carbocycles. The normalized spacial score (nSPS) is 27.0. The van der Waals surface area contributed by atoms with Gasteiger partial charge in [0.05, 0.1) is 0 Å². The molecular weight excluding hydrogens is 379 g/mol. The van der Waals surface area contributed by atoms with Gasteiger partial charge in [-0.2, -0.15) is 0 Å². The third-order valence-electron chi connectivity index (χ3n) is 8.35. The fourth-order valence-corrected chi connectivity index (χ4v) is 6.27. The van der Waals surface area contributed by atoms with Gasteiger partial charge in [-0.1, -0.05) is 81.9 Å². The topological polar surface area (TPSA) is 0 Å². The van der Waals surface area contributed by atoms with Crippen LogP contribution in [-0.4, -0.2) is 6.67 Å². The average molecular weight is 427 g/mol. The van der Waals surface area contributed by atoms with Crippen molar-refractivity contribution in [2.45, 2.75) is 116 Å². The maximum atomic E-state index is 12.2. The largest absolute Gasteiger partial charge is 0.247 e. The number of benzene rings is 1. The van der Waals surface area contributed by atoms with Crippen LogP contribution in [0.2, 0.25) is 0 Å². The Morgan fingerprint density at radius 3 is 2.06 bits per heavy atom. The minimum absolute atomic E-state index is 0.307. The Bertz CT molecular complexity index is 600. The molecule has 0 spiro atoms. The summed E-state index contributed by atoms with van der Waals surface area (Å²) in [5, 5.41) is 0. The van der Waals surface area contributed by atoms with Crippen molar-refractivity contribution in [1.82, 2.24) is 0 Å². The van der Waals surface area contributed by atoms with Gasteiger partial charge in [0.25, 0.3) is 0 Å². The molecule has 2 aliphatic carbocycles. The molecule has 3 rings (SSSR count). The molecule has 0 saturated heterocycles. The quantitative estimate of drug-likeness (QED) is 0.230. The van der Waals surface area contributed by atoms with E-state index in [0.717, 1.165) is 30.1 Å². The Kier molecular flexibility index (Phi) is 11.2. The minimum atomic E-state index is -0.307. The van der Waals surface area contributed by atoms with Crippen molar-refractivity contribution < 1.29 is 4.39 Å². The number of rotatable bonds is 12. The number of unbranched alkanes of at least 4 members (excludes halogenated alkanes) is 4. The van der Waals surface area contributed by atoms with Gasteiger partial charge in [-0.15, -0.1) is 0 Å². The van der Waals surface area contributed by atoms with Crippen LogP contribution in [0.3, 0.4) is 0 Å². The predicted octanol–water partition coefficient (Wildman–Crippen LogP) is 9.59. The van der Waals surface area contributed by atoms with E-state index in [-0.39, 0.29) is 6.67 Å². The van der Waals surface area contributed by atoms with Crippen LogP contribution in [0.1, 0.15) is 120 Å². The molecule has 0 atom stereocenters. The van der Waals surface area contributed by atoms with E-state index in [4.69, 9.17) is 0 Å². The number of hydrogen-bond acceptors (Lipinski definition) is 0. The lowest BCUT2D eigenvalue weighted by Gasteiger charge is -2.38. The molecular formula is C30H47F. The lowest BCUT2D eigenvalue weighted by atomic mass is 9.68. The second-order valence-electron chi connectivity index (χ2n) is 10.5. The molecule has 0 unspecified atom stereocenters. The van der Waals surface area contributed by atoms with E-state index in [0.29, 0.717) is 0 Å². The minimum Gasteiger partial charge on any atom is -0.247 e. The fourth-order valence-electron chi connectivity index (χ4n) is 6.27.